The van der Waals surface area contributed by atoms with Crippen molar-refractivity contribution in [3.8, 4) is 0 Å². The van der Waals surface area contributed by atoms with Crippen molar-refractivity contribution in [1.29, 1.82) is 0 Å². The Morgan fingerprint density at radius 1 is 1.50 bits per heavy atom. The number of nitrogens with zero attached hydrogens (tertiary/aromatic N) is 1. The summed E-state index contributed by atoms with van der Waals surface area (Å²) in [5, 5.41) is 4.40. The molecule has 2 rings (SSSR count). The van der Waals surface area contributed by atoms with Crippen LogP contribution < -0.4 is 5.32 Å². The maximum absolute atomic E-state index is 6.08. The van der Waals surface area contributed by atoms with Crippen LogP contribution in [0.4, 0.5) is 0 Å². The number of nitrogens with one attached hydrogen (secondary N) is 1. The summed E-state index contributed by atoms with van der Waals surface area (Å²) in [6.45, 7) is 7.85. The van der Waals surface area contributed by atoms with Gasteiger partial charge in [0.1, 0.15) is 0 Å². The molecule has 3 heteroatoms. The molecule has 1 aromatic carbocycles. The summed E-state index contributed by atoms with van der Waals surface area (Å²) in [5.74, 6) is 0. The third kappa shape index (κ3) is 3.47. The lowest BCUT2D eigenvalue weighted by Crippen LogP contribution is -2.46. The van der Waals surface area contributed by atoms with Crippen molar-refractivity contribution >= 4 is 11.6 Å². The van der Waals surface area contributed by atoms with Crippen molar-refractivity contribution in [2.24, 2.45) is 0 Å². The molecule has 0 spiro atoms. The molecule has 0 amide bonds. The second-order valence-electron chi connectivity index (χ2n) is 5.12. The fraction of sp³-hybridized carbons (Fsp3) is 0.600. The molecule has 18 heavy (non-hydrogen) atoms. The van der Waals surface area contributed by atoms with Crippen LogP contribution in [-0.2, 0) is 0 Å². The predicted molar refractivity (Wildman–Crippen MR) is 78.1 cm³/mol. The molecule has 1 N–H and O–H groups in total. The van der Waals surface area contributed by atoms with Gasteiger partial charge in [-0.05, 0) is 50.6 Å². The zero-order valence-corrected chi connectivity index (χ0v) is 12.1. The van der Waals surface area contributed by atoms with Gasteiger partial charge < -0.3 is 5.32 Å². The second-order valence-corrected chi connectivity index (χ2v) is 5.56. The van der Waals surface area contributed by atoms with E-state index >= 15 is 0 Å². The summed E-state index contributed by atoms with van der Waals surface area (Å²) >= 11 is 6.08. The number of benzene rings is 1. The van der Waals surface area contributed by atoms with Crippen LogP contribution in [0.25, 0.3) is 0 Å². The van der Waals surface area contributed by atoms with E-state index in [1.54, 1.807) is 0 Å². The van der Waals surface area contributed by atoms with Crippen LogP contribution in [0, 0.1) is 0 Å². The normalized spacial score (nSPS) is 22.9. The third-order valence-corrected chi connectivity index (χ3v) is 4.06. The van der Waals surface area contributed by atoms with Crippen LogP contribution in [0.5, 0.6) is 0 Å². The molecular formula is C15H23ClN2. The highest BCUT2D eigenvalue weighted by Crippen LogP contribution is 2.25. The zero-order valence-electron chi connectivity index (χ0n) is 11.3. The van der Waals surface area contributed by atoms with Crippen molar-refractivity contribution in [2.75, 3.05) is 19.6 Å². The Morgan fingerprint density at radius 2 is 2.33 bits per heavy atom. The smallest absolute Gasteiger partial charge is 0.0409 e. The fourth-order valence-corrected chi connectivity index (χ4v) is 2.99. The van der Waals surface area contributed by atoms with E-state index in [1.807, 2.05) is 12.1 Å². The van der Waals surface area contributed by atoms with E-state index in [2.05, 4.69) is 36.2 Å². The molecule has 1 aromatic rings. The number of hydrogen-bond acceptors (Lipinski definition) is 2. The van der Waals surface area contributed by atoms with Gasteiger partial charge in [0.25, 0.3) is 0 Å². The minimum Gasteiger partial charge on any atom is -0.313 e. The number of piperidine rings is 1. The van der Waals surface area contributed by atoms with E-state index in [-0.39, 0.29) is 0 Å². The SMILES string of the molecule is CCNC1CCCN(C(C)c2cccc(Cl)c2)C1. The topological polar surface area (TPSA) is 15.3 Å². The standard InChI is InChI=1S/C15H23ClN2/c1-3-17-15-8-5-9-18(11-15)12(2)13-6-4-7-14(16)10-13/h4,6-7,10,12,15,17H,3,5,8-9,11H2,1-2H3. The van der Waals surface area contributed by atoms with Crippen LogP contribution in [-0.4, -0.2) is 30.6 Å². The molecule has 100 valence electrons. The van der Waals surface area contributed by atoms with Crippen LogP contribution >= 0.6 is 11.6 Å². The molecule has 0 saturated carbocycles. The van der Waals surface area contributed by atoms with Gasteiger partial charge in [-0.25, -0.2) is 0 Å². The maximum atomic E-state index is 6.08. The van der Waals surface area contributed by atoms with Gasteiger partial charge in [-0.3, -0.25) is 4.90 Å². The lowest BCUT2D eigenvalue weighted by Gasteiger charge is -2.37. The molecule has 0 bridgehead atoms. The first-order valence-electron chi connectivity index (χ1n) is 6.93. The number of likely N-dealkylation sites (tertiary alicyclic amines) is 1. The lowest BCUT2D eigenvalue weighted by atomic mass is 10.0. The molecule has 1 aliphatic rings. The highest BCUT2D eigenvalue weighted by molar-refractivity contribution is 6.30. The highest BCUT2D eigenvalue weighted by atomic mass is 35.5. The van der Waals surface area contributed by atoms with Crippen molar-refractivity contribution in [1.82, 2.24) is 10.2 Å². The Morgan fingerprint density at radius 3 is 3.06 bits per heavy atom. The summed E-state index contributed by atoms with van der Waals surface area (Å²) in [6.07, 6.45) is 2.58. The Hall–Kier alpha value is -0.570. The molecule has 2 unspecified atom stereocenters. The van der Waals surface area contributed by atoms with Crippen LogP contribution in [0.3, 0.4) is 0 Å². The largest absolute Gasteiger partial charge is 0.313 e. The monoisotopic (exact) mass is 266 g/mol. The van der Waals surface area contributed by atoms with E-state index in [4.69, 9.17) is 11.6 Å². The van der Waals surface area contributed by atoms with Crippen molar-refractivity contribution in [3.05, 3.63) is 34.9 Å². The van der Waals surface area contributed by atoms with E-state index in [9.17, 15) is 0 Å². The number of hydrogen-bond donors (Lipinski definition) is 1. The van der Waals surface area contributed by atoms with Gasteiger partial charge >= 0.3 is 0 Å². The molecular weight excluding hydrogens is 244 g/mol. The summed E-state index contributed by atoms with van der Waals surface area (Å²) < 4.78 is 0. The molecule has 0 aromatic heterocycles. The van der Waals surface area contributed by atoms with Gasteiger partial charge in [0.2, 0.25) is 0 Å². The van der Waals surface area contributed by atoms with Crippen LogP contribution in [0.1, 0.15) is 38.3 Å². The van der Waals surface area contributed by atoms with E-state index in [0.717, 1.165) is 18.1 Å². The molecule has 0 radical (unpaired) electrons. The number of halogens is 1. The second kappa shape index (κ2) is 6.55. The van der Waals surface area contributed by atoms with Crippen LogP contribution in [0.15, 0.2) is 24.3 Å². The first-order chi connectivity index (χ1) is 8.70. The molecule has 1 heterocycles. The highest BCUT2D eigenvalue weighted by Gasteiger charge is 2.23. The van der Waals surface area contributed by atoms with Gasteiger partial charge in [0, 0.05) is 23.7 Å². The lowest BCUT2D eigenvalue weighted by molar-refractivity contribution is 0.147. The molecule has 0 aliphatic carbocycles. The van der Waals surface area contributed by atoms with Crippen molar-refractivity contribution in [3.63, 3.8) is 0 Å². The minimum absolute atomic E-state index is 0.449. The molecule has 2 nitrogen and oxygen atoms in total. The number of rotatable bonds is 4. The van der Waals surface area contributed by atoms with Gasteiger partial charge in [-0.1, -0.05) is 30.7 Å². The molecule has 1 saturated heterocycles. The first-order valence-corrected chi connectivity index (χ1v) is 7.31. The van der Waals surface area contributed by atoms with Crippen molar-refractivity contribution in [2.45, 2.75) is 38.8 Å². The van der Waals surface area contributed by atoms with Gasteiger partial charge in [-0.2, -0.15) is 0 Å². The Labute approximate surface area is 115 Å². The molecule has 1 fully saturated rings. The van der Waals surface area contributed by atoms with Gasteiger partial charge in [0.15, 0.2) is 0 Å². The van der Waals surface area contributed by atoms with E-state index < -0.39 is 0 Å². The Kier molecular flexibility index (Phi) is 5.04. The summed E-state index contributed by atoms with van der Waals surface area (Å²) in [7, 11) is 0. The zero-order chi connectivity index (χ0) is 13.0. The maximum Gasteiger partial charge on any atom is 0.0409 e. The van der Waals surface area contributed by atoms with Gasteiger partial charge in [0.05, 0.1) is 0 Å². The summed E-state index contributed by atoms with van der Waals surface area (Å²) in [4.78, 5) is 2.56. The number of likely N-dealkylation sites (N-methyl/N-ethyl adjacent to an activating group) is 1. The first kappa shape index (κ1) is 13.9. The third-order valence-electron chi connectivity index (χ3n) is 3.82. The van der Waals surface area contributed by atoms with E-state index in [0.29, 0.717) is 12.1 Å². The predicted octanol–water partition coefficient (Wildman–Crippen LogP) is 3.47. The Balaban J connectivity index is 2.02. The molecule has 2 atom stereocenters. The summed E-state index contributed by atoms with van der Waals surface area (Å²) in [5.41, 5.74) is 1.32. The minimum atomic E-state index is 0.449. The van der Waals surface area contributed by atoms with Crippen molar-refractivity contribution < 1.29 is 0 Å². The van der Waals surface area contributed by atoms with Crippen LogP contribution in [0.2, 0.25) is 5.02 Å². The quantitative estimate of drug-likeness (QED) is 0.898. The fourth-order valence-electron chi connectivity index (χ4n) is 2.79. The average Bonchev–Trinajstić information content (AvgIpc) is 2.39. The Bertz CT molecular complexity index is 379. The summed E-state index contributed by atoms with van der Waals surface area (Å²) in [6, 6.07) is 9.33. The molecule has 1 aliphatic heterocycles. The van der Waals surface area contributed by atoms with E-state index in [1.165, 1.54) is 24.9 Å². The van der Waals surface area contributed by atoms with Gasteiger partial charge in [-0.15, -0.1) is 0 Å². The average molecular weight is 267 g/mol.